The van der Waals surface area contributed by atoms with E-state index in [4.69, 9.17) is 4.74 Å². The largest absolute Gasteiger partial charge is 0.478 e. The van der Waals surface area contributed by atoms with Crippen molar-refractivity contribution in [1.82, 2.24) is 4.31 Å². The number of carbonyl (C=O) groups excluding carboxylic acids is 2. The first-order valence-electron chi connectivity index (χ1n) is 11.2. The summed E-state index contributed by atoms with van der Waals surface area (Å²) in [5.74, 6) is -0.157. The van der Waals surface area contributed by atoms with Gasteiger partial charge in [0.2, 0.25) is 15.9 Å². The van der Waals surface area contributed by atoms with Gasteiger partial charge in [0.1, 0.15) is 5.75 Å². The Morgan fingerprint density at radius 3 is 2.61 bits per heavy atom. The summed E-state index contributed by atoms with van der Waals surface area (Å²) in [6.45, 7) is 6.32. The molecule has 0 unspecified atom stereocenters. The Morgan fingerprint density at radius 2 is 1.91 bits per heavy atom. The van der Waals surface area contributed by atoms with Crippen LogP contribution in [0.1, 0.15) is 37.3 Å². The minimum absolute atomic E-state index is 0.0835. The molecule has 8 nitrogen and oxygen atoms in total. The minimum Gasteiger partial charge on any atom is -0.478 e. The number of anilines is 2. The van der Waals surface area contributed by atoms with Crippen LogP contribution in [0.2, 0.25) is 0 Å². The van der Waals surface area contributed by atoms with E-state index in [0.29, 0.717) is 30.7 Å². The van der Waals surface area contributed by atoms with E-state index in [1.165, 1.54) is 16.4 Å². The molecule has 2 aromatic rings. The third kappa shape index (κ3) is 4.60. The van der Waals surface area contributed by atoms with Crippen LogP contribution in [0.4, 0.5) is 11.4 Å². The van der Waals surface area contributed by atoms with Gasteiger partial charge >= 0.3 is 0 Å². The molecule has 2 heterocycles. The Hall–Kier alpha value is -2.91. The molecule has 0 aromatic heterocycles. The summed E-state index contributed by atoms with van der Waals surface area (Å²) < 4.78 is 33.4. The first kappa shape index (κ1) is 23.3. The number of sulfonamides is 1. The molecule has 2 aromatic carbocycles. The molecule has 9 heteroatoms. The quantitative estimate of drug-likeness (QED) is 0.695. The summed E-state index contributed by atoms with van der Waals surface area (Å²) in [6, 6.07) is 10.3. The fraction of sp³-hybridized carbons (Fsp3) is 0.417. The smallest absolute Gasteiger partial charge is 0.265 e. The average molecular weight is 472 g/mol. The van der Waals surface area contributed by atoms with Crippen molar-refractivity contribution in [1.29, 1.82) is 0 Å². The second kappa shape index (κ2) is 9.15. The lowest BCUT2D eigenvalue weighted by Gasteiger charge is -2.31. The van der Waals surface area contributed by atoms with Gasteiger partial charge in [-0.3, -0.25) is 9.59 Å². The topological polar surface area (TPSA) is 105 Å². The normalized spacial score (nSPS) is 19.4. The van der Waals surface area contributed by atoms with E-state index >= 15 is 0 Å². The van der Waals surface area contributed by atoms with Crippen LogP contribution in [0.25, 0.3) is 0 Å². The monoisotopic (exact) mass is 471 g/mol. The summed E-state index contributed by atoms with van der Waals surface area (Å²) in [6.07, 6.45) is 0.837. The van der Waals surface area contributed by atoms with E-state index in [0.717, 1.165) is 16.8 Å². The van der Waals surface area contributed by atoms with E-state index < -0.39 is 16.1 Å². The van der Waals surface area contributed by atoms with Crippen molar-refractivity contribution in [2.45, 2.75) is 51.0 Å². The Labute approximate surface area is 194 Å². The Balaban J connectivity index is 1.42. The molecule has 4 rings (SSSR count). The van der Waals surface area contributed by atoms with Crippen LogP contribution in [0, 0.1) is 19.8 Å². The highest BCUT2D eigenvalue weighted by atomic mass is 32.2. The van der Waals surface area contributed by atoms with Crippen LogP contribution >= 0.6 is 0 Å². The number of ether oxygens (including phenoxy) is 1. The molecule has 1 atom stereocenters. The van der Waals surface area contributed by atoms with Gasteiger partial charge in [0, 0.05) is 24.7 Å². The Morgan fingerprint density at radius 1 is 1.18 bits per heavy atom. The fourth-order valence-electron chi connectivity index (χ4n) is 4.19. The molecule has 176 valence electrons. The van der Waals surface area contributed by atoms with E-state index in [1.807, 2.05) is 39.0 Å². The second-order valence-corrected chi connectivity index (χ2v) is 10.5. The van der Waals surface area contributed by atoms with Crippen molar-refractivity contribution in [2.75, 3.05) is 23.7 Å². The first-order chi connectivity index (χ1) is 15.7. The lowest BCUT2D eigenvalue weighted by Crippen LogP contribution is -2.41. The van der Waals surface area contributed by atoms with Crippen molar-refractivity contribution in [2.24, 2.45) is 5.92 Å². The van der Waals surface area contributed by atoms with Gasteiger partial charge in [-0.15, -0.1) is 0 Å². The van der Waals surface area contributed by atoms with Crippen molar-refractivity contribution in [3.8, 4) is 5.75 Å². The van der Waals surface area contributed by atoms with E-state index in [-0.39, 0.29) is 35.7 Å². The number of fused-ring (bicyclic) bond motifs is 1. The second-order valence-electron chi connectivity index (χ2n) is 8.58. The first-order valence-corrected chi connectivity index (χ1v) is 12.6. The molecule has 0 spiro atoms. The van der Waals surface area contributed by atoms with Gasteiger partial charge < -0.3 is 15.4 Å². The summed E-state index contributed by atoms with van der Waals surface area (Å²) in [5, 5.41) is 5.72. The lowest BCUT2D eigenvalue weighted by atomic mass is 9.97. The van der Waals surface area contributed by atoms with Crippen LogP contribution in [-0.2, 0) is 19.6 Å². The third-order valence-electron chi connectivity index (χ3n) is 6.47. The summed E-state index contributed by atoms with van der Waals surface area (Å²) in [7, 11) is -3.76. The van der Waals surface area contributed by atoms with Crippen molar-refractivity contribution in [3.05, 3.63) is 47.5 Å². The molecule has 0 saturated carbocycles. The minimum atomic E-state index is -3.76. The summed E-state index contributed by atoms with van der Waals surface area (Å²) in [5.41, 5.74) is 3.28. The number of amides is 2. The van der Waals surface area contributed by atoms with E-state index in [9.17, 15) is 18.0 Å². The van der Waals surface area contributed by atoms with Gasteiger partial charge in [-0.1, -0.05) is 19.1 Å². The van der Waals surface area contributed by atoms with Crippen molar-refractivity contribution >= 4 is 33.2 Å². The highest BCUT2D eigenvalue weighted by Gasteiger charge is 2.34. The van der Waals surface area contributed by atoms with E-state index in [1.54, 1.807) is 6.07 Å². The maximum absolute atomic E-state index is 13.2. The van der Waals surface area contributed by atoms with Gasteiger partial charge in [0.05, 0.1) is 10.6 Å². The SMILES string of the molecule is CC[C@@H]1Oc2ccc(S(=O)(=O)N3CCC(C(=O)Nc4cccc(C)c4C)CC3)cc2NC1=O. The molecule has 0 bridgehead atoms. The molecule has 0 radical (unpaired) electrons. The molecule has 1 saturated heterocycles. The zero-order valence-electron chi connectivity index (χ0n) is 19.1. The average Bonchev–Trinajstić information content (AvgIpc) is 2.81. The van der Waals surface area contributed by atoms with Gasteiger partial charge in [-0.25, -0.2) is 8.42 Å². The highest BCUT2D eigenvalue weighted by Crippen LogP contribution is 2.34. The zero-order chi connectivity index (χ0) is 23.8. The number of rotatable bonds is 5. The van der Waals surface area contributed by atoms with Crippen LogP contribution in [0.15, 0.2) is 41.3 Å². The molecular formula is C24H29N3O5S. The standard InChI is InChI=1S/C24H29N3O5S/c1-4-21-24(29)26-20-14-18(8-9-22(20)32-21)33(30,31)27-12-10-17(11-13-27)23(28)25-19-7-5-6-15(2)16(19)3/h5-9,14,17,21H,4,10-13H2,1-3H3,(H,25,28)(H,26,29)/t21-/m0/s1. The van der Waals surface area contributed by atoms with Crippen LogP contribution < -0.4 is 15.4 Å². The van der Waals surface area contributed by atoms with Gasteiger partial charge in [-0.2, -0.15) is 4.31 Å². The predicted molar refractivity (Wildman–Crippen MR) is 126 cm³/mol. The summed E-state index contributed by atoms with van der Waals surface area (Å²) in [4.78, 5) is 24.9. The maximum Gasteiger partial charge on any atom is 0.265 e. The number of nitrogens with one attached hydrogen (secondary N) is 2. The number of hydrogen-bond donors (Lipinski definition) is 2. The van der Waals surface area contributed by atoms with Gasteiger partial charge in [0.15, 0.2) is 6.10 Å². The highest BCUT2D eigenvalue weighted by molar-refractivity contribution is 7.89. The molecule has 2 amide bonds. The molecule has 2 aliphatic heterocycles. The van der Waals surface area contributed by atoms with Gasteiger partial charge in [-0.05, 0) is 68.5 Å². The number of nitrogens with zero attached hydrogens (tertiary/aromatic N) is 1. The van der Waals surface area contributed by atoms with Gasteiger partial charge in [0.25, 0.3) is 5.91 Å². The number of hydrogen-bond acceptors (Lipinski definition) is 5. The van der Waals surface area contributed by atoms with Crippen LogP contribution in [0.3, 0.4) is 0 Å². The molecule has 33 heavy (non-hydrogen) atoms. The maximum atomic E-state index is 13.2. The summed E-state index contributed by atoms with van der Waals surface area (Å²) >= 11 is 0. The lowest BCUT2D eigenvalue weighted by molar-refractivity contribution is -0.123. The molecule has 2 N–H and O–H groups in total. The van der Waals surface area contributed by atoms with E-state index in [2.05, 4.69) is 10.6 Å². The fourth-order valence-corrected chi connectivity index (χ4v) is 5.68. The van der Waals surface area contributed by atoms with Crippen LogP contribution in [-0.4, -0.2) is 43.7 Å². The number of benzene rings is 2. The predicted octanol–water partition coefficient (Wildman–Crippen LogP) is 3.45. The third-order valence-corrected chi connectivity index (χ3v) is 8.36. The molecule has 2 aliphatic rings. The molecule has 0 aliphatic carbocycles. The molecule has 1 fully saturated rings. The van der Waals surface area contributed by atoms with Crippen molar-refractivity contribution < 1.29 is 22.7 Å². The Bertz CT molecular complexity index is 1190. The zero-order valence-corrected chi connectivity index (χ0v) is 19.9. The number of aryl methyl sites for hydroxylation is 1. The van der Waals surface area contributed by atoms with Crippen molar-refractivity contribution in [3.63, 3.8) is 0 Å². The number of piperidine rings is 1. The Kier molecular flexibility index (Phi) is 6.45. The van der Waals surface area contributed by atoms with Crippen LogP contribution in [0.5, 0.6) is 5.75 Å². The molecular weight excluding hydrogens is 442 g/mol. The number of carbonyl (C=O) groups is 2.